The number of hydrogen-bond donors (Lipinski definition) is 2. The van der Waals surface area contributed by atoms with Crippen LogP contribution in [0.1, 0.15) is 38.3 Å². The Morgan fingerprint density at radius 1 is 1.15 bits per heavy atom. The second kappa shape index (κ2) is 6.84. The van der Waals surface area contributed by atoms with Crippen molar-refractivity contribution >= 4 is 56.3 Å². The van der Waals surface area contributed by atoms with Crippen molar-refractivity contribution < 1.29 is 4.79 Å². The molecule has 0 amide bonds. The minimum atomic E-state index is -0.337. The number of Topliss-reactive ketones (excluding diaryl/α,β-unsaturated/α-hetero) is 1. The van der Waals surface area contributed by atoms with Gasteiger partial charge in [-0.1, -0.05) is 49.2 Å². The first-order valence-electron chi connectivity index (χ1n) is 8.78. The summed E-state index contributed by atoms with van der Waals surface area (Å²) in [5, 5.41) is 8.18. The normalized spacial score (nSPS) is 20.9. The topological polar surface area (TPSA) is 41.1 Å². The average molecular weight is 466 g/mol. The van der Waals surface area contributed by atoms with Gasteiger partial charge in [0.25, 0.3) is 0 Å². The van der Waals surface area contributed by atoms with Gasteiger partial charge in [0, 0.05) is 32.2 Å². The number of allylic oxidation sites excluding steroid dienone is 1. The van der Waals surface area contributed by atoms with Crippen LogP contribution in [0.15, 0.2) is 52.1 Å². The first-order chi connectivity index (χ1) is 12.7. The van der Waals surface area contributed by atoms with Gasteiger partial charge in [-0.15, -0.1) is 0 Å². The zero-order valence-corrected chi connectivity index (χ0v) is 18.1. The van der Waals surface area contributed by atoms with E-state index in [2.05, 4.69) is 40.4 Å². The van der Waals surface area contributed by atoms with E-state index < -0.39 is 0 Å². The molecule has 2 N–H and O–H groups in total. The SMILES string of the molecule is CC1(C)CC(=O)C2=C(C1)Nc1c(Br)cccc1NC2c1ccc(Cl)cc1Cl. The molecule has 0 saturated carbocycles. The quantitative estimate of drug-likeness (QED) is 0.477. The predicted octanol–water partition coefficient (Wildman–Crippen LogP) is 6.98. The minimum Gasteiger partial charge on any atom is -0.372 e. The minimum absolute atomic E-state index is 0.0942. The fourth-order valence-electron chi connectivity index (χ4n) is 3.90. The van der Waals surface area contributed by atoms with Gasteiger partial charge in [0.1, 0.15) is 0 Å². The number of para-hydroxylation sites is 1. The first kappa shape index (κ1) is 18.9. The maximum atomic E-state index is 13.2. The summed E-state index contributed by atoms with van der Waals surface area (Å²) < 4.78 is 0.943. The van der Waals surface area contributed by atoms with Crippen molar-refractivity contribution in [2.45, 2.75) is 32.7 Å². The molecule has 0 spiro atoms. The van der Waals surface area contributed by atoms with Gasteiger partial charge in [-0.05, 0) is 57.6 Å². The maximum Gasteiger partial charge on any atom is 0.163 e. The number of nitrogens with one attached hydrogen (secondary N) is 2. The number of carbonyl (C=O) groups excluding carboxylic acids is 1. The lowest BCUT2D eigenvalue weighted by Crippen LogP contribution is -2.31. The second-order valence-corrected chi connectivity index (χ2v) is 9.56. The summed E-state index contributed by atoms with van der Waals surface area (Å²) in [7, 11) is 0. The Bertz CT molecular complexity index is 984. The van der Waals surface area contributed by atoms with E-state index in [0.717, 1.165) is 39.1 Å². The summed E-state index contributed by atoms with van der Waals surface area (Å²) >= 11 is 16.2. The molecule has 1 unspecified atom stereocenters. The van der Waals surface area contributed by atoms with E-state index in [0.29, 0.717) is 16.5 Å². The Morgan fingerprint density at radius 3 is 2.67 bits per heavy atom. The van der Waals surface area contributed by atoms with Crippen LogP contribution in [0.4, 0.5) is 11.4 Å². The van der Waals surface area contributed by atoms with E-state index in [1.54, 1.807) is 6.07 Å². The fraction of sp³-hybridized carbons (Fsp3) is 0.286. The van der Waals surface area contributed by atoms with Crippen molar-refractivity contribution in [2.75, 3.05) is 10.6 Å². The van der Waals surface area contributed by atoms with Crippen LogP contribution in [0.2, 0.25) is 10.0 Å². The molecule has 2 aromatic rings. The third kappa shape index (κ3) is 3.51. The Labute approximate surface area is 177 Å². The number of fused-ring (bicyclic) bond motifs is 1. The zero-order valence-electron chi connectivity index (χ0n) is 15.0. The van der Waals surface area contributed by atoms with Crippen LogP contribution in [0.25, 0.3) is 0 Å². The summed E-state index contributed by atoms with van der Waals surface area (Å²) in [4.78, 5) is 13.2. The lowest BCUT2D eigenvalue weighted by molar-refractivity contribution is -0.118. The van der Waals surface area contributed by atoms with Gasteiger partial charge in [0.2, 0.25) is 0 Å². The molecule has 0 bridgehead atoms. The molecule has 1 atom stereocenters. The first-order valence-corrected chi connectivity index (χ1v) is 10.3. The van der Waals surface area contributed by atoms with Gasteiger partial charge in [-0.25, -0.2) is 0 Å². The van der Waals surface area contributed by atoms with E-state index in [9.17, 15) is 4.79 Å². The number of benzene rings is 2. The van der Waals surface area contributed by atoms with Crippen molar-refractivity contribution in [3.8, 4) is 0 Å². The third-order valence-electron chi connectivity index (χ3n) is 5.07. The Hall–Kier alpha value is -1.49. The van der Waals surface area contributed by atoms with Gasteiger partial charge in [0.15, 0.2) is 5.78 Å². The van der Waals surface area contributed by atoms with Crippen LogP contribution in [-0.2, 0) is 4.79 Å². The van der Waals surface area contributed by atoms with Crippen molar-refractivity contribution in [3.05, 3.63) is 67.7 Å². The molecular weight excluding hydrogens is 447 g/mol. The Kier molecular flexibility index (Phi) is 4.77. The number of hydrogen-bond acceptors (Lipinski definition) is 3. The second-order valence-electron chi connectivity index (χ2n) is 7.86. The van der Waals surface area contributed by atoms with Crippen LogP contribution in [0.3, 0.4) is 0 Å². The van der Waals surface area contributed by atoms with Crippen molar-refractivity contribution in [3.63, 3.8) is 0 Å². The van der Waals surface area contributed by atoms with Crippen LogP contribution in [-0.4, -0.2) is 5.78 Å². The summed E-state index contributed by atoms with van der Waals surface area (Å²) in [5.41, 5.74) is 4.30. The molecule has 2 aromatic carbocycles. The van der Waals surface area contributed by atoms with E-state index in [-0.39, 0.29) is 17.2 Å². The maximum absolute atomic E-state index is 13.2. The number of carbonyl (C=O) groups is 1. The summed E-state index contributed by atoms with van der Waals surface area (Å²) in [6.45, 7) is 4.25. The van der Waals surface area contributed by atoms with Crippen LogP contribution < -0.4 is 10.6 Å². The van der Waals surface area contributed by atoms with Crippen molar-refractivity contribution in [2.24, 2.45) is 5.41 Å². The number of ketones is 1. The third-order valence-corrected chi connectivity index (χ3v) is 6.29. The molecule has 3 nitrogen and oxygen atoms in total. The van der Waals surface area contributed by atoms with E-state index in [4.69, 9.17) is 23.2 Å². The van der Waals surface area contributed by atoms with Gasteiger partial charge in [0.05, 0.1) is 17.4 Å². The molecular formula is C21H19BrCl2N2O. The summed E-state index contributed by atoms with van der Waals surface area (Å²) in [5.74, 6) is 0.140. The van der Waals surface area contributed by atoms with E-state index in [1.807, 2.05) is 30.3 Å². The highest BCUT2D eigenvalue weighted by Gasteiger charge is 2.39. The molecule has 140 valence electrons. The highest BCUT2D eigenvalue weighted by molar-refractivity contribution is 9.10. The number of rotatable bonds is 1. The molecule has 1 aliphatic carbocycles. The molecule has 27 heavy (non-hydrogen) atoms. The molecule has 0 fully saturated rings. The Balaban J connectivity index is 1.93. The van der Waals surface area contributed by atoms with Crippen LogP contribution in [0, 0.1) is 5.41 Å². The molecule has 0 aromatic heterocycles. The monoisotopic (exact) mass is 464 g/mol. The number of halogens is 3. The summed E-state index contributed by atoms with van der Waals surface area (Å²) in [6, 6.07) is 11.0. The van der Waals surface area contributed by atoms with Gasteiger partial charge in [-0.3, -0.25) is 4.79 Å². The predicted molar refractivity (Wildman–Crippen MR) is 116 cm³/mol. The lowest BCUT2D eigenvalue weighted by Gasteiger charge is -2.34. The molecule has 4 rings (SSSR count). The van der Waals surface area contributed by atoms with Gasteiger partial charge < -0.3 is 10.6 Å². The lowest BCUT2D eigenvalue weighted by atomic mass is 9.73. The van der Waals surface area contributed by atoms with E-state index in [1.165, 1.54) is 0 Å². The Morgan fingerprint density at radius 2 is 1.93 bits per heavy atom. The molecule has 0 radical (unpaired) electrons. The van der Waals surface area contributed by atoms with Crippen molar-refractivity contribution in [1.29, 1.82) is 0 Å². The zero-order chi connectivity index (χ0) is 19.3. The van der Waals surface area contributed by atoms with Gasteiger partial charge >= 0.3 is 0 Å². The highest BCUT2D eigenvalue weighted by Crippen LogP contribution is 2.47. The number of anilines is 2. The largest absolute Gasteiger partial charge is 0.372 e. The van der Waals surface area contributed by atoms with Crippen LogP contribution in [0.5, 0.6) is 0 Å². The smallest absolute Gasteiger partial charge is 0.163 e. The van der Waals surface area contributed by atoms with Crippen molar-refractivity contribution in [1.82, 2.24) is 0 Å². The average Bonchev–Trinajstić information content (AvgIpc) is 2.71. The molecule has 2 aliphatic rings. The molecule has 1 aliphatic heterocycles. The fourth-order valence-corrected chi connectivity index (χ4v) is 4.88. The highest BCUT2D eigenvalue weighted by atomic mass is 79.9. The molecule has 6 heteroatoms. The summed E-state index contributed by atoms with van der Waals surface area (Å²) in [6.07, 6.45) is 1.30. The standard InChI is InChI=1S/C21H19BrCl2N2O/c1-21(2)9-16-18(17(27)10-21)19(12-7-6-11(23)8-14(12)24)25-15-5-3-4-13(22)20(15)26-16/h3-8,19,25-26H,9-10H2,1-2H3. The molecule has 0 saturated heterocycles. The van der Waals surface area contributed by atoms with Crippen LogP contribution >= 0.6 is 39.1 Å². The van der Waals surface area contributed by atoms with Gasteiger partial charge in [-0.2, -0.15) is 0 Å². The molecule has 1 heterocycles. The van der Waals surface area contributed by atoms with E-state index >= 15 is 0 Å².